The smallest absolute Gasteiger partial charge is 0.338 e. The van der Waals surface area contributed by atoms with Gasteiger partial charge in [0, 0.05) is 6.00 Å². The highest BCUT2D eigenvalue weighted by Crippen LogP contribution is 2.39. The molecule has 1 aromatic rings. The fourth-order valence-corrected chi connectivity index (χ4v) is 3.68. The molecule has 0 spiro atoms. The minimum atomic E-state index is -2.11. The number of ether oxygens (including phenoxy) is 2. The van der Waals surface area contributed by atoms with Gasteiger partial charge in [0.1, 0.15) is 26.7 Å². The molecular weight excluding hydrogens is 335 g/mol. The zero-order valence-electron chi connectivity index (χ0n) is 15.6. The lowest BCUT2D eigenvalue weighted by atomic mass is 9.93. The number of carbonyl (C=O) groups is 1. The molecule has 1 aromatic carbocycles. The summed E-state index contributed by atoms with van der Waals surface area (Å²) < 4.78 is 17.0. The fraction of sp³-hybridized carbons (Fsp3) is 0.611. The van der Waals surface area contributed by atoms with Crippen LogP contribution >= 0.6 is 0 Å². The van der Waals surface area contributed by atoms with E-state index in [1.54, 1.807) is 24.3 Å². The normalized spacial score (nSPS) is 27.3. The van der Waals surface area contributed by atoms with Crippen LogP contribution < -0.4 is 0 Å². The van der Waals surface area contributed by atoms with Crippen molar-refractivity contribution in [2.45, 2.75) is 63.2 Å². The molecule has 1 aliphatic rings. The first-order valence-electron chi connectivity index (χ1n) is 8.52. The van der Waals surface area contributed by atoms with Crippen LogP contribution in [0.1, 0.15) is 31.1 Å². The summed E-state index contributed by atoms with van der Waals surface area (Å²) in [5.74, 6) is -0.460. The summed E-state index contributed by atoms with van der Waals surface area (Å²) in [7, 11) is 3.89. The van der Waals surface area contributed by atoms with Crippen LogP contribution in [0.5, 0.6) is 0 Å². The van der Waals surface area contributed by atoms with Crippen molar-refractivity contribution >= 4 is 22.1 Å². The van der Waals surface area contributed by atoms with Gasteiger partial charge in [0.05, 0.1) is 11.7 Å². The van der Waals surface area contributed by atoms with Crippen LogP contribution in [0.4, 0.5) is 0 Å². The van der Waals surface area contributed by atoms with Gasteiger partial charge in [-0.1, -0.05) is 39.0 Å². The Morgan fingerprint density at radius 3 is 2.44 bits per heavy atom. The maximum absolute atomic E-state index is 12.0. The summed E-state index contributed by atoms with van der Waals surface area (Å²) >= 11 is 0. The third-order valence-corrected chi connectivity index (χ3v) is 9.47. The van der Waals surface area contributed by atoms with Gasteiger partial charge < -0.3 is 19.0 Å². The summed E-state index contributed by atoms with van der Waals surface area (Å²) in [6.07, 6.45) is -2.26. The quantitative estimate of drug-likeness (QED) is 0.644. The van der Waals surface area contributed by atoms with Crippen LogP contribution in [0.2, 0.25) is 18.1 Å². The number of benzene rings is 1. The van der Waals surface area contributed by atoms with E-state index < -0.39 is 38.6 Å². The lowest BCUT2D eigenvalue weighted by Crippen LogP contribution is -2.49. The van der Waals surface area contributed by atoms with Crippen molar-refractivity contribution in [3.63, 3.8) is 0 Å². The largest absolute Gasteiger partial charge is 0.459 e. The number of esters is 1. The number of carbonyl (C=O) groups excluding carboxylic acids is 1. The lowest BCUT2D eigenvalue weighted by molar-refractivity contribution is -0.0226. The molecule has 1 saturated heterocycles. The van der Waals surface area contributed by atoms with E-state index in [1.807, 2.05) is 6.07 Å². The molecule has 0 aromatic heterocycles. The van der Waals surface area contributed by atoms with E-state index in [2.05, 4.69) is 33.9 Å². The molecule has 1 aliphatic heterocycles. The molecule has 0 aliphatic carbocycles. The lowest BCUT2D eigenvalue weighted by Gasteiger charge is -2.39. The molecule has 1 unspecified atom stereocenters. The Hall–Kier alpha value is -1.15. The van der Waals surface area contributed by atoms with Crippen LogP contribution in [-0.4, -0.2) is 58.2 Å². The average Bonchev–Trinajstić information content (AvgIpc) is 2.79. The van der Waals surface area contributed by atoms with E-state index in [1.165, 1.54) is 0 Å². The van der Waals surface area contributed by atoms with Gasteiger partial charge in [0.25, 0.3) is 0 Å². The van der Waals surface area contributed by atoms with E-state index in [0.29, 0.717) is 5.56 Å². The monoisotopic (exact) mass is 362 g/mol. The van der Waals surface area contributed by atoms with Gasteiger partial charge in [-0.3, -0.25) is 0 Å². The van der Waals surface area contributed by atoms with Gasteiger partial charge in [0.2, 0.25) is 0 Å². The highest BCUT2D eigenvalue weighted by Gasteiger charge is 2.48. The Kier molecular flexibility index (Phi) is 6.14. The van der Waals surface area contributed by atoms with Crippen molar-refractivity contribution in [1.29, 1.82) is 0 Å². The van der Waals surface area contributed by atoms with E-state index in [9.17, 15) is 9.90 Å². The highest BCUT2D eigenvalue weighted by atomic mass is 28.4. The van der Waals surface area contributed by atoms with Crippen LogP contribution in [0, 0.1) is 0 Å². The van der Waals surface area contributed by atoms with Crippen molar-refractivity contribution in [3.05, 3.63) is 35.9 Å². The van der Waals surface area contributed by atoms with Gasteiger partial charge in [-0.05, 0) is 30.3 Å². The fourth-order valence-electron chi connectivity index (χ4n) is 2.37. The van der Waals surface area contributed by atoms with E-state index in [-0.39, 0.29) is 11.6 Å². The second-order valence-corrected chi connectivity index (χ2v) is 12.7. The molecule has 2 rings (SSSR count). The number of hydrogen-bond acceptors (Lipinski definition) is 5. The maximum Gasteiger partial charge on any atom is 0.338 e. The number of hydrogen-bond donors (Lipinski definition) is 1. The van der Waals surface area contributed by atoms with Crippen molar-refractivity contribution in [2.75, 3.05) is 6.61 Å². The van der Waals surface area contributed by atoms with E-state index in [4.69, 9.17) is 21.7 Å². The first kappa shape index (κ1) is 20.2. The standard InChI is InChI=1S/C18H27BO5Si/c1-18(2,3)25(4,5)24-15-14(20)13(23-16(15)19)11-22-17(21)12-9-7-6-8-10-12/h6-10,13-16,20H,11H2,1-5H3/t13-,14?,15+,16-/m1/s1. The molecule has 0 bridgehead atoms. The van der Waals surface area contributed by atoms with Crippen molar-refractivity contribution < 1.29 is 23.8 Å². The average molecular weight is 362 g/mol. The van der Waals surface area contributed by atoms with Crippen molar-refractivity contribution in [1.82, 2.24) is 0 Å². The van der Waals surface area contributed by atoms with Gasteiger partial charge in [-0.25, -0.2) is 4.79 Å². The number of rotatable bonds is 5. The molecule has 0 saturated carbocycles. The van der Waals surface area contributed by atoms with Crippen LogP contribution in [0.15, 0.2) is 30.3 Å². The van der Waals surface area contributed by atoms with Gasteiger partial charge in [-0.2, -0.15) is 0 Å². The molecule has 2 radical (unpaired) electrons. The Morgan fingerprint density at radius 2 is 1.88 bits per heavy atom. The molecular formula is C18H27BO5Si. The third-order valence-electron chi connectivity index (χ3n) is 5.00. The molecule has 1 N–H and O–H groups in total. The minimum absolute atomic E-state index is 0.00962. The minimum Gasteiger partial charge on any atom is -0.459 e. The van der Waals surface area contributed by atoms with Crippen LogP contribution in [0.25, 0.3) is 0 Å². The van der Waals surface area contributed by atoms with E-state index in [0.717, 1.165) is 0 Å². The summed E-state index contributed by atoms with van der Waals surface area (Å²) in [4.78, 5) is 12.0. The number of aliphatic hydroxyl groups excluding tert-OH is 1. The molecule has 5 nitrogen and oxygen atoms in total. The van der Waals surface area contributed by atoms with Gasteiger partial charge >= 0.3 is 5.97 Å². The Bertz CT molecular complexity index is 587. The molecule has 25 heavy (non-hydrogen) atoms. The third kappa shape index (κ3) is 4.73. The first-order chi connectivity index (χ1) is 11.5. The zero-order valence-corrected chi connectivity index (χ0v) is 16.6. The molecule has 4 atom stereocenters. The predicted octanol–water partition coefficient (Wildman–Crippen LogP) is 2.49. The highest BCUT2D eigenvalue weighted by molar-refractivity contribution is 6.74. The van der Waals surface area contributed by atoms with Crippen LogP contribution in [0.3, 0.4) is 0 Å². The second-order valence-electron chi connectivity index (χ2n) is 7.94. The Morgan fingerprint density at radius 1 is 1.28 bits per heavy atom. The Balaban J connectivity index is 1.95. The Labute approximate surface area is 152 Å². The second kappa shape index (κ2) is 7.62. The predicted molar refractivity (Wildman–Crippen MR) is 99.2 cm³/mol. The molecule has 0 amide bonds. The number of aliphatic hydroxyl groups is 1. The van der Waals surface area contributed by atoms with Gasteiger partial charge in [-0.15, -0.1) is 0 Å². The molecule has 7 heteroatoms. The molecule has 1 fully saturated rings. The van der Waals surface area contributed by atoms with Crippen molar-refractivity contribution in [2.24, 2.45) is 0 Å². The molecule has 136 valence electrons. The summed E-state index contributed by atoms with van der Waals surface area (Å²) in [6.45, 7) is 10.5. The SMILES string of the molecule is [B][C@@H]1O[C@H](COC(=O)c2ccccc2)C(O)[C@@H]1O[Si](C)(C)C(C)(C)C. The first-order valence-corrected chi connectivity index (χ1v) is 11.4. The van der Waals surface area contributed by atoms with Crippen molar-refractivity contribution in [3.8, 4) is 0 Å². The zero-order chi connectivity index (χ0) is 18.8. The van der Waals surface area contributed by atoms with Crippen LogP contribution in [-0.2, 0) is 13.9 Å². The molecule has 1 heterocycles. The van der Waals surface area contributed by atoms with Gasteiger partial charge in [0.15, 0.2) is 8.32 Å². The summed E-state index contributed by atoms with van der Waals surface area (Å²) in [5.41, 5.74) is 0.452. The topological polar surface area (TPSA) is 65.0 Å². The summed E-state index contributed by atoms with van der Waals surface area (Å²) in [5, 5.41) is 10.5. The maximum atomic E-state index is 12.0. The summed E-state index contributed by atoms with van der Waals surface area (Å²) in [6, 6.07) is 7.94. The van der Waals surface area contributed by atoms with E-state index >= 15 is 0 Å².